The van der Waals surface area contributed by atoms with Crippen LogP contribution in [0, 0.1) is 17.1 Å². The lowest BCUT2D eigenvalue weighted by Gasteiger charge is -2.07. The molecule has 3 aromatic rings. The quantitative estimate of drug-likeness (QED) is 0.726. The standard InChI is InChI=1S/C15H8ClFN4/c16-10-5-7-11(8-6-10)21-15(14(9-18)19-20-21)12-3-1-2-4-13(12)17/h1-8H. The van der Waals surface area contributed by atoms with Crippen molar-refractivity contribution in [1.82, 2.24) is 15.0 Å². The van der Waals surface area contributed by atoms with Gasteiger partial charge in [-0.05, 0) is 36.4 Å². The molecule has 21 heavy (non-hydrogen) atoms. The van der Waals surface area contributed by atoms with Gasteiger partial charge >= 0.3 is 0 Å². The lowest BCUT2D eigenvalue weighted by atomic mass is 10.1. The number of hydrogen-bond donors (Lipinski definition) is 0. The fourth-order valence-corrected chi connectivity index (χ4v) is 2.14. The molecule has 2 aromatic carbocycles. The maximum atomic E-state index is 14.0. The van der Waals surface area contributed by atoms with Crippen LogP contribution in [0.2, 0.25) is 5.02 Å². The second-order valence-electron chi connectivity index (χ2n) is 4.27. The number of nitriles is 1. The van der Waals surface area contributed by atoms with Crippen LogP contribution in [0.25, 0.3) is 16.9 Å². The first-order valence-electron chi connectivity index (χ1n) is 6.07. The molecule has 0 aliphatic rings. The normalized spacial score (nSPS) is 10.3. The van der Waals surface area contributed by atoms with Gasteiger partial charge in [0.05, 0.1) is 5.69 Å². The predicted octanol–water partition coefficient (Wildman–Crippen LogP) is 3.60. The molecule has 0 aliphatic heterocycles. The second kappa shape index (κ2) is 5.35. The van der Waals surface area contributed by atoms with Gasteiger partial charge in [0.25, 0.3) is 0 Å². The van der Waals surface area contributed by atoms with E-state index in [1.54, 1.807) is 42.5 Å². The van der Waals surface area contributed by atoms with Crippen LogP contribution in [0.4, 0.5) is 4.39 Å². The first-order chi connectivity index (χ1) is 10.2. The van der Waals surface area contributed by atoms with E-state index < -0.39 is 5.82 Å². The Hall–Kier alpha value is -2.71. The highest BCUT2D eigenvalue weighted by atomic mass is 35.5. The third-order valence-corrected chi connectivity index (χ3v) is 3.23. The van der Waals surface area contributed by atoms with Gasteiger partial charge in [-0.3, -0.25) is 0 Å². The molecule has 0 radical (unpaired) electrons. The maximum Gasteiger partial charge on any atom is 0.191 e. The van der Waals surface area contributed by atoms with Crippen LogP contribution in [-0.4, -0.2) is 15.0 Å². The molecule has 0 amide bonds. The van der Waals surface area contributed by atoms with Gasteiger partial charge in [0.15, 0.2) is 5.69 Å². The molecule has 0 unspecified atom stereocenters. The molecule has 0 N–H and O–H groups in total. The summed E-state index contributed by atoms with van der Waals surface area (Å²) < 4.78 is 15.5. The minimum absolute atomic E-state index is 0.0649. The van der Waals surface area contributed by atoms with Crippen molar-refractivity contribution >= 4 is 11.6 Å². The van der Waals surface area contributed by atoms with Crippen LogP contribution >= 0.6 is 11.6 Å². The van der Waals surface area contributed by atoms with Crippen LogP contribution in [0.15, 0.2) is 48.5 Å². The van der Waals surface area contributed by atoms with Gasteiger partial charge in [0.2, 0.25) is 0 Å². The Morgan fingerprint density at radius 3 is 2.48 bits per heavy atom. The second-order valence-corrected chi connectivity index (χ2v) is 4.70. The van der Waals surface area contributed by atoms with Crippen LogP contribution < -0.4 is 0 Å². The highest BCUT2D eigenvalue weighted by Gasteiger charge is 2.18. The van der Waals surface area contributed by atoms with E-state index in [1.165, 1.54) is 10.7 Å². The smallest absolute Gasteiger partial charge is 0.191 e. The van der Waals surface area contributed by atoms with Crippen LogP contribution in [0.5, 0.6) is 0 Å². The van der Waals surface area contributed by atoms with E-state index in [9.17, 15) is 4.39 Å². The Kier molecular flexibility index (Phi) is 3.38. The van der Waals surface area contributed by atoms with Gasteiger partial charge < -0.3 is 0 Å². The molecule has 0 saturated carbocycles. The SMILES string of the molecule is N#Cc1nnn(-c2ccc(Cl)cc2)c1-c1ccccc1F. The number of hydrogen-bond acceptors (Lipinski definition) is 3. The summed E-state index contributed by atoms with van der Waals surface area (Å²) in [6, 6.07) is 15.0. The Bertz CT molecular complexity index is 834. The van der Waals surface area contributed by atoms with Gasteiger partial charge in [-0.1, -0.05) is 28.9 Å². The Morgan fingerprint density at radius 1 is 1.10 bits per heavy atom. The number of halogens is 2. The van der Waals surface area contributed by atoms with E-state index in [-0.39, 0.29) is 11.3 Å². The molecule has 1 aromatic heterocycles. The maximum absolute atomic E-state index is 14.0. The monoisotopic (exact) mass is 298 g/mol. The Morgan fingerprint density at radius 2 is 1.81 bits per heavy atom. The van der Waals surface area contributed by atoms with E-state index in [1.807, 2.05) is 6.07 Å². The summed E-state index contributed by atoms with van der Waals surface area (Å²) in [7, 11) is 0. The van der Waals surface area contributed by atoms with Crippen molar-refractivity contribution in [2.24, 2.45) is 0 Å². The van der Waals surface area contributed by atoms with E-state index in [0.717, 1.165) is 0 Å². The summed E-state index contributed by atoms with van der Waals surface area (Å²) in [6.45, 7) is 0. The lowest BCUT2D eigenvalue weighted by Crippen LogP contribution is -2.00. The molecule has 1 heterocycles. The van der Waals surface area contributed by atoms with Crippen molar-refractivity contribution < 1.29 is 4.39 Å². The topological polar surface area (TPSA) is 54.5 Å². The molecule has 102 valence electrons. The van der Waals surface area contributed by atoms with Crippen molar-refractivity contribution in [2.45, 2.75) is 0 Å². The molecule has 3 rings (SSSR count). The summed E-state index contributed by atoms with van der Waals surface area (Å²) in [6.07, 6.45) is 0. The van der Waals surface area contributed by atoms with Crippen LogP contribution in [0.1, 0.15) is 5.69 Å². The van der Waals surface area contributed by atoms with Gasteiger partial charge in [-0.25, -0.2) is 9.07 Å². The zero-order chi connectivity index (χ0) is 14.8. The minimum atomic E-state index is -0.438. The van der Waals surface area contributed by atoms with Crippen LogP contribution in [-0.2, 0) is 0 Å². The molecule has 0 fully saturated rings. The molecule has 0 saturated heterocycles. The third kappa shape index (κ3) is 2.37. The van der Waals surface area contributed by atoms with Gasteiger partial charge in [0.1, 0.15) is 17.6 Å². The lowest BCUT2D eigenvalue weighted by molar-refractivity contribution is 0.629. The summed E-state index contributed by atoms with van der Waals surface area (Å²) in [5.74, 6) is -0.438. The molecule has 4 nitrogen and oxygen atoms in total. The number of nitrogens with zero attached hydrogens (tertiary/aromatic N) is 4. The largest absolute Gasteiger partial charge is 0.211 e. The number of aromatic nitrogens is 3. The predicted molar refractivity (Wildman–Crippen MR) is 76.5 cm³/mol. The van der Waals surface area contributed by atoms with Gasteiger partial charge in [-0.2, -0.15) is 5.26 Å². The highest BCUT2D eigenvalue weighted by Crippen LogP contribution is 2.27. The van der Waals surface area contributed by atoms with Crippen molar-refractivity contribution in [1.29, 1.82) is 5.26 Å². The number of rotatable bonds is 2. The molecular formula is C15H8ClFN4. The first-order valence-corrected chi connectivity index (χ1v) is 6.45. The molecule has 0 bridgehead atoms. The van der Waals surface area contributed by atoms with Crippen LogP contribution in [0.3, 0.4) is 0 Å². The van der Waals surface area contributed by atoms with E-state index >= 15 is 0 Å². The molecular weight excluding hydrogens is 291 g/mol. The van der Waals surface area contributed by atoms with E-state index in [2.05, 4.69) is 10.3 Å². The van der Waals surface area contributed by atoms with Crippen molar-refractivity contribution in [3.05, 3.63) is 65.1 Å². The summed E-state index contributed by atoms with van der Waals surface area (Å²) in [5.41, 5.74) is 1.30. The summed E-state index contributed by atoms with van der Waals surface area (Å²) in [5, 5.41) is 17.5. The fourth-order valence-electron chi connectivity index (χ4n) is 2.02. The Balaban J connectivity index is 2.25. The first kappa shape index (κ1) is 13.3. The molecule has 6 heteroatoms. The summed E-state index contributed by atoms with van der Waals surface area (Å²) in [4.78, 5) is 0. The van der Waals surface area contributed by atoms with Crippen molar-refractivity contribution in [2.75, 3.05) is 0 Å². The molecule has 0 aliphatic carbocycles. The van der Waals surface area contributed by atoms with Gasteiger partial charge in [0, 0.05) is 10.6 Å². The third-order valence-electron chi connectivity index (χ3n) is 2.98. The molecule has 0 spiro atoms. The molecule has 0 atom stereocenters. The van der Waals surface area contributed by atoms with Crippen molar-refractivity contribution in [3.8, 4) is 23.0 Å². The highest BCUT2D eigenvalue weighted by molar-refractivity contribution is 6.30. The van der Waals surface area contributed by atoms with Gasteiger partial charge in [-0.15, -0.1) is 5.10 Å². The zero-order valence-corrected chi connectivity index (χ0v) is 11.4. The van der Waals surface area contributed by atoms with E-state index in [4.69, 9.17) is 16.9 Å². The Labute approximate surface area is 125 Å². The van der Waals surface area contributed by atoms with Crippen molar-refractivity contribution in [3.63, 3.8) is 0 Å². The van der Waals surface area contributed by atoms with E-state index in [0.29, 0.717) is 16.4 Å². The average Bonchev–Trinajstić information content (AvgIpc) is 2.92. The number of benzene rings is 2. The zero-order valence-electron chi connectivity index (χ0n) is 10.7. The summed E-state index contributed by atoms with van der Waals surface area (Å²) >= 11 is 5.86. The minimum Gasteiger partial charge on any atom is -0.211 e. The fraction of sp³-hybridized carbons (Fsp3) is 0. The average molecular weight is 299 g/mol.